The predicted molar refractivity (Wildman–Crippen MR) is 74.6 cm³/mol. The molecule has 98 valence electrons. The number of hydrogen-bond donors (Lipinski definition) is 2. The van der Waals surface area contributed by atoms with E-state index >= 15 is 0 Å². The van der Waals surface area contributed by atoms with Crippen LogP contribution in [0.3, 0.4) is 0 Å². The summed E-state index contributed by atoms with van der Waals surface area (Å²) in [6, 6.07) is 0.0462. The van der Waals surface area contributed by atoms with E-state index in [1.165, 1.54) is 16.4 Å². The molecule has 0 fully saturated rings. The first-order valence-corrected chi connectivity index (χ1v) is 7.44. The summed E-state index contributed by atoms with van der Waals surface area (Å²) in [5, 5.41) is 5.22. The van der Waals surface area contributed by atoms with Crippen molar-refractivity contribution in [2.24, 2.45) is 5.84 Å². The van der Waals surface area contributed by atoms with Crippen LogP contribution in [-0.2, 0) is 12.8 Å². The van der Waals surface area contributed by atoms with Gasteiger partial charge in [0.2, 0.25) is 0 Å². The molecule has 0 aliphatic carbocycles. The largest absolute Gasteiger partial charge is 0.271 e. The summed E-state index contributed by atoms with van der Waals surface area (Å²) in [7, 11) is 0. The second-order valence-corrected chi connectivity index (χ2v) is 6.18. The van der Waals surface area contributed by atoms with E-state index in [2.05, 4.69) is 33.8 Å². The number of aromatic nitrogens is 3. The number of hydrogen-bond acceptors (Lipinski definition) is 7. The molecule has 3 N–H and O–H groups in total. The molecule has 2 rings (SSSR count). The monoisotopic (exact) mass is 283 g/mol. The van der Waals surface area contributed by atoms with E-state index in [0.29, 0.717) is 0 Å². The van der Waals surface area contributed by atoms with E-state index in [9.17, 15) is 0 Å². The van der Waals surface area contributed by atoms with Gasteiger partial charge in [0.25, 0.3) is 0 Å². The van der Waals surface area contributed by atoms with Crippen molar-refractivity contribution in [1.29, 1.82) is 0 Å². The van der Waals surface area contributed by atoms with Gasteiger partial charge in [-0.2, -0.15) is 0 Å². The first kappa shape index (κ1) is 13.5. The third kappa shape index (κ3) is 2.74. The lowest BCUT2D eigenvalue weighted by Crippen LogP contribution is -2.29. The molecule has 0 saturated heterocycles. The average molecular weight is 283 g/mol. The van der Waals surface area contributed by atoms with Crippen molar-refractivity contribution in [3.05, 3.63) is 26.1 Å². The van der Waals surface area contributed by atoms with E-state index in [4.69, 9.17) is 5.84 Å². The summed E-state index contributed by atoms with van der Waals surface area (Å²) in [6.45, 7) is 6.20. The molecular formula is C11H17N5S2. The minimum Gasteiger partial charge on any atom is -0.271 e. The molecule has 2 aromatic heterocycles. The minimum absolute atomic E-state index is 0.0462. The third-order valence-corrected chi connectivity index (χ3v) is 4.86. The van der Waals surface area contributed by atoms with Crippen molar-refractivity contribution >= 4 is 22.9 Å². The molecule has 0 amide bonds. The fraction of sp³-hybridized carbons (Fsp3) is 0.545. The highest BCUT2D eigenvalue weighted by Gasteiger charge is 2.19. The molecule has 2 heterocycles. The van der Waals surface area contributed by atoms with Crippen LogP contribution in [0.25, 0.3) is 0 Å². The van der Waals surface area contributed by atoms with Crippen LogP contribution in [-0.4, -0.2) is 14.6 Å². The topological polar surface area (TPSA) is 76.7 Å². The molecule has 0 saturated carbocycles. The summed E-state index contributed by atoms with van der Waals surface area (Å²) in [5.74, 6) is 5.66. The van der Waals surface area contributed by atoms with Gasteiger partial charge >= 0.3 is 0 Å². The molecule has 1 unspecified atom stereocenters. The molecule has 0 aliphatic rings. The molecule has 5 nitrogen and oxygen atoms in total. The van der Waals surface area contributed by atoms with Crippen molar-refractivity contribution in [3.8, 4) is 0 Å². The molecule has 0 aromatic carbocycles. The number of hydrazine groups is 1. The molecule has 0 aliphatic heterocycles. The summed E-state index contributed by atoms with van der Waals surface area (Å²) in [6.07, 6.45) is 1.66. The van der Waals surface area contributed by atoms with Gasteiger partial charge in [-0.15, -0.1) is 16.4 Å². The molecule has 2 aromatic rings. The molecule has 0 radical (unpaired) electrons. The number of aryl methyl sites for hydroxylation is 3. The van der Waals surface area contributed by atoms with Gasteiger partial charge in [0.1, 0.15) is 0 Å². The quantitative estimate of drug-likeness (QED) is 0.647. The Morgan fingerprint density at radius 3 is 2.72 bits per heavy atom. The number of nitrogens with zero attached hydrogens (tertiary/aromatic N) is 3. The number of nitrogens with two attached hydrogens (primary N) is 1. The lowest BCUT2D eigenvalue weighted by atomic mass is 10.1. The maximum Gasteiger partial charge on any atom is 0.0950 e. The van der Waals surface area contributed by atoms with E-state index in [1.807, 2.05) is 6.92 Å². The van der Waals surface area contributed by atoms with E-state index in [-0.39, 0.29) is 6.04 Å². The molecule has 1 atom stereocenters. The van der Waals surface area contributed by atoms with Crippen LogP contribution >= 0.6 is 22.9 Å². The van der Waals surface area contributed by atoms with Gasteiger partial charge in [-0.25, -0.2) is 4.98 Å². The Kier molecular flexibility index (Phi) is 4.39. The number of rotatable bonds is 5. The van der Waals surface area contributed by atoms with Gasteiger partial charge < -0.3 is 0 Å². The van der Waals surface area contributed by atoms with E-state index < -0.39 is 0 Å². The SMILES string of the molecule is CCc1nnsc1C(Cc1nc(C)c(C)s1)NN. The maximum absolute atomic E-state index is 5.66. The predicted octanol–water partition coefficient (Wildman–Crippen LogP) is 1.92. The van der Waals surface area contributed by atoms with Gasteiger partial charge in [-0.1, -0.05) is 11.4 Å². The van der Waals surface area contributed by atoms with E-state index in [0.717, 1.165) is 34.1 Å². The lowest BCUT2D eigenvalue weighted by molar-refractivity contribution is 0.553. The Hall–Kier alpha value is -0.890. The van der Waals surface area contributed by atoms with Crippen LogP contribution in [0.4, 0.5) is 0 Å². The van der Waals surface area contributed by atoms with Crippen LogP contribution in [0.5, 0.6) is 0 Å². The first-order chi connectivity index (χ1) is 8.65. The Labute approximate surface area is 115 Å². The second kappa shape index (κ2) is 5.83. The fourth-order valence-corrected chi connectivity index (χ4v) is 3.53. The summed E-state index contributed by atoms with van der Waals surface area (Å²) < 4.78 is 4.01. The number of thiazole rings is 1. The highest BCUT2D eigenvalue weighted by molar-refractivity contribution is 7.11. The summed E-state index contributed by atoms with van der Waals surface area (Å²) in [5.41, 5.74) is 4.98. The van der Waals surface area contributed by atoms with Crippen LogP contribution < -0.4 is 11.3 Å². The smallest absolute Gasteiger partial charge is 0.0950 e. The summed E-state index contributed by atoms with van der Waals surface area (Å²) >= 11 is 3.14. The maximum atomic E-state index is 5.66. The molecular weight excluding hydrogens is 266 g/mol. The van der Waals surface area contributed by atoms with Crippen molar-refractivity contribution in [2.75, 3.05) is 0 Å². The van der Waals surface area contributed by atoms with Crippen LogP contribution in [0.1, 0.15) is 39.1 Å². The normalized spacial score (nSPS) is 12.9. The Balaban J connectivity index is 2.19. The van der Waals surface area contributed by atoms with Gasteiger partial charge in [0, 0.05) is 11.3 Å². The van der Waals surface area contributed by atoms with Crippen molar-refractivity contribution in [2.45, 2.75) is 39.7 Å². The Morgan fingerprint density at radius 2 is 2.17 bits per heavy atom. The van der Waals surface area contributed by atoms with Crippen LogP contribution in [0, 0.1) is 13.8 Å². The van der Waals surface area contributed by atoms with E-state index in [1.54, 1.807) is 11.3 Å². The Bertz CT molecular complexity index is 500. The summed E-state index contributed by atoms with van der Waals surface area (Å²) in [4.78, 5) is 6.93. The number of nitrogens with one attached hydrogen (secondary N) is 1. The van der Waals surface area contributed by atoms with Crippen LogP contribution in [0.15, 0.2) is 0 Å². The molecule has 7 heteroatoms. The second-order valence-electron chi connectivity index (χ2n) is 4.11. The molecule has 18 heavy (non-hydrogen) atoms. The minimum atomic E-state index is 0.0462. The zero-order chi connectivity index (χ0) is 13.1. The standard InChI is InChI=1S/C11H17N5S2/c1-4-8-11(18-16-15-8)9(14-12)5-10-13-6(2)7(3)17-10/h9,14H,4-5,12H2,1-3H3. The van der Waals surface area contributed by atoms with Crippen molar-refractivity contribution < 1.29 is 0 Å². The lowest BCUT2D eigenvalue weighted by Gasteiger charge is -2.12. The molecule has 0 spiro atoms. The van der Waals surface area contributed by atoms with Gasteiger partial charge in [-0.3, -0.25) is 11.3 Å². The highest BCUT2D eigenvalue weighted by atomic mass is 32.1. The van der Waals surface area contributed by atoms with Gasteiger partial charge in [0.05, 0.1) is 27.3 Å². The van der Waals surface area contributed by atoms with Gasteiger partial charge in [-0.05, 0) is 31.8 Å². The fourth-order valence-electron chi connectivity index (χ4n) is 1.75. The van der Waals surface area contributed by atoms with Crippen molar-refractivity contribution in [1.82, 2.24) is 20.0 Å². The highest BCUT2D eigenvalue weighted by Crippen LogP contribution is 2.26. The van der Waals surface area contributed by atoms with Gasteiger partial charge in [0.15, 0.2) is 0 Å². The zero-order valence-electron chi connectivity index (χ0n) is 10.7. The molecule has 0 bridgehead atoms. The van der Waals surface area contributed by atoms with Crippen molar-refractivity contribution in [3.63, 3.8) is 0 Å². The van der Waals surface area contributed by atoms with Crippen LogP contribution in [0.2, 0.25) is 0 Å². The first-order valence-electron chi connectivity index (χ1n) is 5.85. The average Bonchev–Trinajstić information content (AvgIpc) is 2.94. The third-order valence-electron chi connectivity index (χ3n) is 2.89. The zero-order valence-corrected chi connectivity index (χ0v) is 12.4. The Morgan fingerprint density at radius 1 is 1.39 bits per heavy atom.